The number of carbonyl (C=O) groups is 2. The molecule has 0 radical (unpaired) electrons. The summed E-state index contributed by atoms with van der Waals surface area (Å²) in [6.45, 7) is 2.08. The Morgan fingerprint density at radius 3 is 2.47 bits per heavy atom. The van der Waals surface area contributed by atoms with Crippen molar-refractivity contribution < 1.29 is 19.4 Å². The molecule has 1 N–H and O–H groups in total. The summed E-state index contributed by atoms with van der Waals surface area (Å²) in [6.07, 6.45) is 4.81. The van der Waals surface area contributed by atoms with Crippen molar-refractivity contribution >= 4 is 23.7 Å². The van der Waals surface area contributed by atoms with Gasteiger partial charge in [-0.15, -0.1) is 0 Å². The van der Waals surface area contributed by atoms with Gasteiger partial charge < -0.3 is 9.84 Å². The van der Waals surface area contributed by atoms with Crippen LogP contribution in [0.1, 0.15) is 45.4 Å². The zero-order valence-corrected chi connectivity index (χ0v) is 12.6. The van der Waals surface area contributed by atoms with Gasteiger partial charge in [-0.3, -0.25) is 9.59 Å². The van der Waals surface area contributed by atoms with E-state index in [2.05, 4.69) is 6.92 Å². The van der Waals surface area contributed by atoms with Crippen molar-refractivity contribution in [2.75, 3.05) is 18.6 Å². The van der Waals surface area contributed by atoms with Crippen LogP contribution in [0.15, 0.2) is 0 Å². The van der Waals surface area contributed by atoms with Gasteiger partial charge in [0.25, 0.3) is 0 Å². The second kappa shape index (κ2) is 7.78. The molecular formula is C14H24O4S. The maximum atomic E-state index is 12.1. The number of ether oxygens (including phenoxy) is 1. The Morgan fingerprint density at radius 2 is 2.00 bits per heavy atom. The minimum Gasteiger partial charge on any atom is -0.480 e. The van der Waals surface area contributed by atoms with Gasteiger partial charge in [0.05, 0.1) is 7.11 Å². The van der Waals surface area contributed by atoms with E-state index in [1.807, 2.05) is 0 Å². The van der Waals surface area contributed by atoms with Gasteiger partial charge in [0.2, 0.25) is 0 Å². The molecule has 0 bridgehead atoms. The number of carbonyl (C=O) groups excluding carboxylic acids is 1. The molecule has 0 amide bonds. The summed E-state index contributed by atoms with van der Waals surface area (Å²) in [6, 6.07) is 0. The third-order valence-corrected chi connectivity index (χ3v) is 5.03. The van der Waals surface area contributed by atoms with E-state index in [0.717, 1.165) is 43.6 Å². The molecule has 4 nitrogen and oxygen atoms in total. The van der Waals surface area contributed by atoms with Crippen LogP contribution in [0.5, 0.6) is 0 Å². The largest absolute Gasteiger partial charge is 0.480 e. The molecule has 0 aromatic carbocycles. The fourth-order valence-corrected chi connectivity index (χ4v) is 3.68. The molecule has 0 heterocycles. The van der Waals surface area contributed by atoms with Crippen LogP contribution >= 0.6 is 11.8 Å². The standard InChI is InChI=1S/C14H24O4S/c1-3-19-10-6-9-14(12(15)16,13(17)18-2)11-7-4-5-8-11/h11H,3-10H2,1-2H3,(H,15,16). The van der Waals surface area contributed by atoms with Crippen LogP contribution in [-0.2, 0) is 14.3 Å². The van der Waals surface area contributed by atoms with E-state index in [9.17, 15) is 14.7 Å². The first-order valence-corrected chi connectivity index (χ1v) is 8.14. The van der Waals surface area contributed by atoms with Crippen LogP contribution in [0, 0.1) is 11.3 Å². The number of hydrogen-bond acceptors (Lipinski definition) is 4. The fraction of sp³-hybridized carbons (Fsp3) is 0.857. The number of carboxylic acids is 1. The quantitative estimate of drug-likeness (QED) is 0.422. The average molecular weight is 288 g/mol. The van der Waals surface area contributed by atoms with Gasteiger partial charge in [0.15, 0.2) is 5.41 Å². The first-order chi connectivity index (χ1) is 9.09. The minimum atomic E-state index is -1.32. The Labute approximate surface area is 119 Å². The first-order valence-electron chi connectivity index (χ1n) is 6.99. The van der Waals surface area contributed by atoms with Crippen molar-refractivity contribution in [3.05, 3.63) is 0 Å². The Morgan fingerprint density at radius 1 is 1.37 bits per heavy atom. The molecule has 0 aliphatic heterocycles. The molecule has 1 saturated carbocycles. The highest BCUT2D eigenvalue weighted by Gasteiger charge is 2.53. The highest BCUT2D eigenvalue weighted by Crippen LogP contribution is 2.44. The average Bonchev–Trinajstić information content (AvgIpc) is 2.92. The first kappa shape index (κ1) is 16.3. The Hall–Kier alpha value is -0.710. The summed E-state index contributed by atoms with van der Waals surface area (Å²) in [5.74, 6) is 0.280. The SMILES string of the molecule is CCSCCCC(C(=O)O)(C(=O)OC)C1CCCC1. The van der Waals surface area contributed by atoms with Crippen LogP contribution < -0.4 is 0 Å². The van der Waals surface area contributed by atoms with Gasteiger partial charge in [0.1, 0.15) is 0 Å². The summed E-state index contributed by atoms with van der Waals surface area (Å²) >= 11 is 1.78. The van der Waals surface area contributed by atoms with E-state index in [1.165, 1.54) is 7.11 Å². The van der Waals surface area contributed by atoms with Crippen LogP contribution in [0.2, 0.25) is 0 Å². The number of esters is 1. The predicted octanol–water partition coefficient (Wildman–Crippen LogP) is 2.95. The molecule has 1 fully saturated rings. The third-order valence-electron chi connectivity index (χ3n) is 4.05. The van der Waals surface area contributed by atoms with E-state index in [0.29, 0.717) is 6.42 Å². The van der Waals surface area contributed by atoms with E-state index in [-0.39, 0.29) is 5.92 Å². The number of hydrogen-bond donors (Lipinski definition) is 1. The maximum absolute atomic E-state index is 12.1. The predicted molar refractivity (Wildman–Crippen MR) is 76.3 cm³/mol. The van der Waals surface area contributed by atoms with Crippen LogP contribution in [0.4, 0.5) is 0 Å². The molecule has 19 heavy (non-hydrogen) atoms. The van der Waals surface area contributed by atoms with Crippen molar-refractivity contribution in [2.45, 2.75) is 45.4 Å². The van der Waals surface area contributed by atoms with Crippen LogP contribution in [0.25, 0.3) is 0 Å². The van der Waals surface area contributed by atoms with E-state index < -0.39 is 17.4 Å². The van der Waals surface area contributed by atoms with E-state index >= 15 is 0 Å². The van der Waals surface area contributed by atoms with Gasteiger partial charge in [-0.1, -0.05) is 19.8 Å². The summed E-state index contributed by atoms with van der Waals surface area (Å²) in [5, 5.41) is 9.63. The smallest absolute Gasteiger partial charge is 0.323 e. The molecule has 1 aliphatic rings. The molecular weight excluding hydrogens is 264 g/mol. The third kappa shape index (κ3) is 3.65. The lowest BCUT2D eigenvalue weighted by Gasteiger charge is -2.32. The van der Waals surface area contributed by atoms with Crippen LogP contribution in [0.3, 0.4) is 0 Å². The summed E-state index contributed by atoms with van der Waals surface area (Å²) in [4.78, 5) is 23.9. The summed E-state index contributed by atoms with van der Waals surface area (Å²) in [7, 11) is 1.29. The topological polar surface area (TPSA) is 63.6 Å². The zero-order chi connectivity index (χ0) is 14.3. The van der Waals surface area contributed by atoms with Crippen molar-refractivity contribution in [3.8, 4) is 0 Å². The van der Waals surface area contributed by atoms with Crippen molar-refractivity contribution in [1.82, 2.24) is 0 Å². The summed E-state index contributed by atoms with van der Waals surface area (Å²) < 4.78 is 4.82. The molecule has 1 unspecified atom stereocenters. The van der Waals surface area contributed by atoms with Crippen molar-refractivity contribution in [2.24, 2.45) is 11.3 Å². The van der Waals surface area contributed by atoms with Gasteiger partial charge in [-0.25, -0.2) is 0 Å². The lowest BCUT2D eigenvalue weighted by atomic mass is 9.71. The Balaban J connectivity index is 2.84. The lowest BCUT2D eigenvalue weighted by molar-refractivity contribution is -0.172. The molecule has 0 spiro atoms. The second-order valence-corrected chi connectivity index (χ2v) is 6.44. The molecule has 1 aliphatic carbocycles. The molecule has 110 valence electrons. The molecule has 0 saturated heterocycles. The lowest BCUT2D eigenvalue weighted by Crippen LogP contribution is -2.46. The number of carboxylic acid groups (broad SMARTS) is 1. The fourth-order valence-electron chi connectivity index (χ4n) is 3.04. The number of methoxy groups -OCH3 is 1. The van der Waals surface area contributed by atoms with Crippen LogP contribution in [-0.4, -0.2) is 35.7 Å². The maximum Gasteiger partial charge on any atom is 0.323 e. The van der Waals surface area contributed by atoms with Crippen molar-refractivity contribution in [3.63, 3.8) is 0 Å². The molecule has 0 aromatic rings. The highest BCUT2D eigenvalue weighted by molar-refractivity contribution is 7.99. The van der Waals surface area contributed by atoms with Gasteiger partial charge in [0, 0.05) is 0 Å². The number of thioether (sulfide) groups is 1. The van der Waals surface area contributed by atoms with E-state index in [4.69, 9.17) is 4.74 Å². The van der Waals surface area contributed by atoms with Gasteiger partial charge in [-0.2, -0.15) is 11.8 Å². The van der Waals surface area contributed by atoms with E-state index in [1.54, 1.807) is 11.8 Å². The summed E-state index contributed by atoms with van der Waals surface area (Å²) in [5.41, 5.74) is -1.32. The second-order valence-electron chi connectivity index (χ2n) is 5.05. The van der Waals surface area contributed by atoms with Gasteiger partial charge >= 0.3 is 11.9 Å². The highest BCUT2D eigenvalue weighted by atomic mass is 32.2. The monoisotopic (exact) mass is 288 g/mol. The molecule has 5 heteroatoms. The Kier molecular flexibility index (Phi) is 6.69. The molecule has 1 atom stereocenters. The minimum absolute atomic E-state index is 0.0657. The molecule has 0 aromatic heterocycles. The normalized spacial score (nSPS) is 19.1. The number of aliphatic carboxylic acids is 1. The zero-order valence-electron chi connectivity index (χ0n) is 11.8. The number of rotatable bonds is 8. The molecule has 1 rings (SSSR count). The van der Waals surface area contributed by atoms with Gasteiger partial charge in [-0.05, 0) is 43.1 Å². The van der Waals surface area contributed by atoms with Crippen molar-refractivity contribution in [1.29, 1.82) is 0 Å². The Bertz CT molecular complexity index is 313.